The zero-order chi connectivity index (χ0) is 13.9. The van der Waals surface area contributed by atoms with E-state index in [0.717, 1.165) is 37.9 Å². The highest BCUT2D eigenvalue weighted by Gasteiger charge is 2.27. The van der Waals surface area contributed by atoms with Crippen molar-refractivity contribution < 1.29 is 0 Å². The predicted molar refractivity (Wildman–Crippen MR) is 79.2 cm³/mol. The zero-order valence-corrected chi connectivity index (χ0v) is 12.0. The van der Waals surface area contributed by atoms with Crippen molar-refractivity contribution in [3.63, 3.8) is 0 Å². The van der Waals surface area contributed by atoms with Crippen molar-refractivity contribution in [3.05, 3.63) is 47.3 Å². The van der Waals surface area contributed by atoms with Gasteiger partial charge in [0, 0.05) is 6.54 Å². The molecule has 0 radical (unpaired) electrons. The van der Waals surface area contributed by atoms with Crippen molar-refractivity contribution in [2.24, 2.45) is 11.7 Å². The van der Waals surface area contributed by atoms with Crippen LogP contribution in [0.4, 0.5) is 0 Å². The second-order valence-electron chi connectivity index (χ2n) is 5.68. The fourth-order valence-corrected chi connectivity index (χ4v) is 3.18. The van der Waals surface area contributed by atoms with Crippen molar-refractivity contribution in [2.45, 2.75) is 45.2 Å². The molecule has 2 unspecified atom stereocenters. The van der Waals surface area contributed by atoms with Crippen LogP contribution in [0.3, 0.4) is 0 Å². The third-order valence-electron chi connectivity index (χ3n) is 4.32. The Bertz CT molecular complexity index is 575. The summed E-state index contributed by atoms with van der Waals surface area (Å²) in [5.74, 6) is 0.485. The van der Waals surface area contributed by atoms with Crippen LogP contribution in [0.1, 0.15) is 42.6 Å². The highest BCUT2D eigenvalue weighted by atomic mass is 15.4. The molecule has 0 saturated carbocycles. The fraction of sp³-hybridized carbons (Fsp3) is 0.500. The number of nitrogens with zero attached hydrogens (tertiary/aromatic N) is 3. The number of hydrogen-bond donors (Lipinski definition) is 1. The second kappa shape index (κ2) is 5.75. The molecule has 0 bridgehead atoms. The molecule has 2 atom stereocenters. The first-order valence-electron chi connectivity index (χ1n) is 7.50. The molecule has 0 saturated heterocycles. The van der Waals surface area contributed by atoms with Crippen molar-refractivity contribution in [3.8, 4) is 0 Å². The molecule has 1 aromatic heterocycles. The van der Waals surface area contributed by atoms with E-state index in [0.29, 0.717) is 5.92 Å². The topological polar surface area (TPSA) is 56.7 Å². The molecular weight excluding hydrogens is 248 g/mol. The van der Waals surface area contributed by atoms with E-state index in [2.05, 4.69) is 41.5 Å². The lowest BCUT2D eigenvalue weighted by molar-refractivity contribution is 0.361. The van der Waals surface area contributed by atoms with Crippen LogP contribution in [0.15, 0.2) is 30.5 Å². The van der Waals surface area contributed by atoms with E-state index in [1.165, 1.54) is 11.1 Å². The number of hydrogen-bond acceptors (Lipinski definition) is 3. The highest BCUT2D eigenvalue weighted by Crippen LogP contribution is 2.32. The van der Waals surface area contributed by atoms with Crippen LogP contribution in [-0.2, 0) is 19.4 Å². The van der Waals surface area contributed by atoms with Gasteiger partial charge in [0.2, 0.25) is 0 Å². The Hall–Kier alpha value is -1.68. The Morgan fingerprint density at radius 1 is 1.35 bits per heavy atom. The minimum atomic E-state index is 0.0323. The van der Waals surface area contributed by atoms with E-state index in [1.54, 1.807) is 0 Å². The first-order chi connectivity index (χ1) is 9.79. The van der Waals surface area contributed by atoms with E-state index in [9.17, 15) is 0 Å². The van der Waals surface area contributed by atoms with Gasteiger partial charge in [-0.2, -0.15) is 0 Å². The summed E-state index contributed by atoms with van der Waals surface area (Å²) in [7, 11) is 0. The summed E-state index contributed by atoms with van der Waals surface area (Å²) in [5, 5.41) is 8.19. The van der Waals surface area contributed by atoms with E-state index >= 15 is 0 Å². The molecule has 20 heavy (non-hydrogen) atoms. The van der Waals surface area contributed by atoms with Gasteiger partial charge in [-0.25, -0.2) is 4.68 Å². The molecule has 1 heterocycles. The van der Waals surface area contributed by atoms with Crippen LogP contribution in [0, 0.1) is 5.92 Å². The molecule has 0 aliphatic heterocycles. The normalized spacial score (nSPS) is 19.6. The average molecular weight is 270 g/mol. The van der Waals surface area contributed by atoms with Crippen LogP contribution in [0.5, 0.6) is 0 Å². The van der Waals surface area contributed by atoms with E-state index in [4.69, 9.17) is 5.73 Å². The van der Waals surface area contributed by atoms with Crippen LogP contribution >= 0.6 is 0 Å². The van der Waals surface area contributed by atoms with Gasteiger partial charge >= 0.3 is 0 Å². The number of fused-ring (bicyclic) bond motifs is 1. The van der Waals surface area contributed by atoms with Gasteiger partial charge in [0.1, 0.15) is 0 Å². The van der Waals surface area contributed by atoms with Gasteiger partial charge in [0.15, 0.2) is 0 Å². The van der Waals surface area contributed by atoms with Gasteiger partial charge in [-0.3, -0.25) is 0 Å². The minimum absolute atomic E-state index is 0.0323. The number of rotatable bonds is 4. The highest BCUT2D eigenvalue weighted by molar-refractivity contribution is 5.30. The number of aromatic nitrogens is 3. The molecule has 2 aromatic rings. The van der Waals surface area contributed by atoms with Crippen molar-refractivity contribution in [1.29, 1.82) is 0 Å². The molecule has 3 rings (SSSR count). The summed E-state index contributed by atoms with van der Waals surface area (Å²) in [6.45, 7) is 3.04. The molecule has 4 heteroatoms. The van der Waals surface area contributed by atoms with Crippen LogP contribution in [0.2, 0.25) is 0 Å². The first kappa shape index (κ1) is 13.3. The standard InChI is InChI=1S/C16H22N4/c1-2-9-20-15(11-18-19-20)16(17)14-8-7-12-5-3-4-6-13(12)10-14/h3-6,11,14,16H,2,7-10,17H2,1H3. The Balaban J connectivity index is 1.78. The Labute approximate surface area is 120 Å². The summed E-state index contributed by atoms with van der Waals surface area (Å²) >= 11 is 0. The van der Waals surface area contributed by atoms with Crippen LogP contribution in [0.25, 0.3) is 0 Å². The maximum Gasteiger partial charge on any atom is 0.0757 e. The van der Waals surface area contributed by atoms with Crippen molar-refractivity contribution in [2.75, 3.05) is 0 Å². The molecule has 106 valence electrons. The predicted octanol–water partition coefficient (Wildman–Crippen LogP) is 2.49. The molecule has 4 nitrogen and oxygen atoms in total. The largest absolute Gasteiger partial charge is 0.322 e. The summed E-state index contributed by atoms with van der Waals surface area (Å²) in [5.41, 5.74) is 10.5. The molecule has 0 spiro atoms. The van der Waals surface area contributed by atoms with Gasteiger partial charge in [0.05, 0.1) is 17.9 Å². The summed E-state index contributed by atoms with van der Waals surface area (Å²) in [4.78, 5) is 0. The summed E-state index contributed by atoms with van der Waals surface area (Å²) in [6, 6.07) is 8.75. The Kier molecular flexibility index (Phi) is 3.83. The lowest BCUT2D eigenvalue weighted by Crippen LogP contribution is -2.29. The third kappa shape index (κ3) is 2.48. The SMILES string of the molecule is CCCn1nncc1C(N)C1CCc2ccccc2C1. The zero-order valence-electron chi connectivity index (χ0n) is 12.0. The lowest BCUT2D eigenvalue weighted by Gasteiger charge is -2.29. The lowest BCUT2D eigenvalue weighted by atomic mass is 9.79. The van der Waals surface area contributed by atoms with Crippen LogP contribution in [-0.4, -0.2) is 15.0 Å². The summed E-state index contributed by atoms with van der Waals surface area (Å²) < 4.78 is 1.96. The van der Waals surface area contributed by atoms with Crippen LogP contribution < -0.4 is 5.73 Å². The fourth-order valence-electron chi connectivity index (χ4n) is 3.18. The minimum Gasteiger partial charge on any atom is -0.322 e. The monoisotopic (exact) mass is 270 g/mol. The van der Waals surface area contributed by atoms with E-state index < -0.39 is 0 Å². The molecule has 1 aliphatic rings. The average Bonchev–Trinajstić information content (AvgIpc) is 2.94. The number of benzene rings is 1. The van der Waals surface area contributed by atoms with E-state index in [-0.39, 0.29) is 6.04 Å². The number of aryl methyl sites for hydroxylation is 2. The summed E-state index contributed by atoms with van der Waals surface area (Å²) in [6.07, 6.45) is 6.23. The maximum atomic E-state index is 6.50. The van der Waals surface area contributed by atoms with E-state index in [1.807, 2.05) is 10.9 Å². The van der Waals surface area contributed by atoms with Gasteiger partial charge in [0.25, 0.3) is 0 Å². The quantitative estimate of drug-likeness (QED) is 0.928. The molecule has 0 amide bonds. The van der Waals surface area contributed by atoms with Gasteiger partial charge in [-0.1, -0.05) is 36.4 Å². The third-order valence-corrected chi connectivity index (χ3v) is 4.32. The Morgan fingerprint density at radius 3 is 2.95 bits per heavy atom. The second-order valence-corrected chi connectivity index (χ2v) is 5.68. The molecular formula is C16H22N4. The van der Waals surface area contributed by atoms with Gasteiger partial charge < -0.3 is 5.73 Å². The molecule has 0 fully saturated rings. The first-order valence-corrected chi connectivity index (χ1v) is 7.50. The van der Waals surface area contributed by atoms with Gasteiger partial charge in [-0.05, 0) is 42.7 Å². The van der Waals surface area contributed by atoms with Crippen molar-refractivity contribution >= 4 is 0 Å². The Morgan fingerprint density at radius 2 is 2.15 bits per heavy atom. The molecule has 2 N–H and O–H groups in total. The molecule has 1 aliphatic carbocycles. The smallest absolute Gasteiger partial charge is 0.0757 e. The number of nitrogens with two attached hydrogens (primary N) is 1. The maximum absolute atomic E-state index is 6.50. The van der Waals surface area contributed by atoms with Gasteiger partial charge in [-0.15, -0.1) is 5.10 Å². The molecule has 1 aromatic carbocycles. The van der Waals surface area contributed by atoms with Crippen molar-refractivity contribution in [1.82, 2.24) is 15.0 Å².